The van der Waals surface area contributed by atoms with Crippen molar-refractivity contribution < 1.29 is 9.53 Å². The maximum atomic E-state index is 11.2. The normalized spacial score (nSPS) is 9.95. The van der Waals surface area contributed by atoms with Crippen molar-refractivity contribution in [3.05, 3.63) is 40.8 Å². The van der Waals surface area contributed by atoms with Crippen LogP contribution in [0.3, 0.4) is 0 Å². The first kappa shape index (κ1) is 13.4. The van der Waals surface area contributed by atoms with E-state index in [1.165, 1.54) is 0 Å². The zero-order valence-electron chi connectivity index (χ0n) is 10.6. The fourth-order valence-corrected chi connectivity index (χ4v) is 2.03. The van der Waals surface area contributed by atoms with Crippen LogP contribution < -0.4 is 10.6 Å². The minimum absolute atomic E-state index is 0.360. The van der Waals surface area contributed by atoms with E-state index in [4.69, 9.17) is 4.74 Å². The predicted molar refractivity (Wildman–Crippen MR) is 76.5 cm³/mol. The lowest BCUT2D eigenvalue weighted by molar-refractivity contribution is 0.168. The van der Waals surface area contributed by atoms with Gasteiger partial charge in [0.2, 0.25) is 0 Å². The van der Waals surface area contributed by atoms with Gasteiger partial charge in [0.05, 0.1) is 24.4 Å². The fourth-order valence-electron chi connectivity index (χ4n) is 1.47. The monoisotopic (exact) mass is 277 g/mol. The second-order valence-electron chi connectivity index (χ2n) is 3.76. The van der Waals surface area contributed by atoms with Gasteiger partial charge >= 0.3 is 6.09 Å². The number of carbonyl (C=O) groups is 1. The molecule has 100 valence electrons. The van der Waals surface area contributed by atoms with E-state index >= 15 is 0 Å². The summed E-state index contributed by atoms with van der Waals surface area (Å²) in [4.78, 5) is 15.4. The maximum Gasteiger partial charge on any atom is 0.411 e. The van der Waals surface area contributed by atoms with Crippen molar-refractivity contribution in [2.75, 3.05) is 17.2 Å². The van der Waals surface area contributed by atoms with Gasteiger partial charge in [0.15, 0.2) is 0 Å². The van der Waals surface area contributed by atoms with Crippen LogP contribution in [0.1, 0.15) is 12.6 Å². The second-order valence-corrected chi connectivity index (χ2v) is 4.47. The van der Waals surface area contributed by atoms with Gasteiger partial charge in [-0.3, -0.25) is 5.32 Å². The van der Waals surface area contributed by atoms with E-state index in [9.17, 15) is 4.79 Å². The average Bonchev–Trinajstić information content (AvgIpc) is 2.91. The third-order valence-corrected chi connectivity index (χ3v) is 3.00. The van der Waals surface area contributed by atoms with Crippen molar-refractivity contribution in [3.63, 3.8) is 0 Å². The molecule has 0 aliphatic heterocycles. The Hall–Kier alpha value is -2.08. The minimum atomic E-state index is -0.439. The van der Waals surface area contributed by atoms with E-state index in [1.54, 1.807) is 18.3 Å². The molecule has 1 heterocycles. The standard InChI is InChI=1S/C13H15N3O2S/c1-2-18-13(17)16-11-5-3-10(4-6-11)14-7-12-8-19-9-15-12/h3-6,8-9,14H,2,7H2,1H3,(H,16,17). The maximum absolute atomic E-state index is 11.2. The van der Waals surface area contributed by atoms with Gasteiger partial charge < -0.3 is 10.1 Å². The fraction of sp³-hybridized carbons (Fsp3) is 0.231. The lowest BCUT2D eigenvalue weighted by Gasteiger charge is -2.07. The molecule has 0 aliphatic rings. The molecule has 2 rings (SSSR count). The van der Waals surface area contributed by atoms with Crippen LogP contribution in [0, 0.1) is 0 Å². The Kier molecular flexibility index (Phi) is 4.74. The van der Waals surface area contributed by atoms with E-state index in [-0.39, 0.29) is 0 Å². The van der Waals surface area contributed by atoms with Crippen molar-refractivity contribution in [1.82, 2.24) is 4.98 Å². The lowest BCUT2D eigenvalue weighted by Crippen LogP contribution is -2.13. The quantitative estimate of drug-likeness (QED) is 0.880. The first-order valence-corrected chi connectivity index (χ1v) is 6.87. The number of carbonyl (C=O) groups excluding carboxylic acids is 1. The summed E-state index contributed by atoms with van der Waals surface area (Å²) in [7, 11) is 0. The van der Waals surface area contributed by atoms with Crippen LogP contribution in [0.2, 0.25) is 0 Å². The highest BCUT2D eigenvalue weighted by Crippen LogP contribution is 2.14. The summed E-state index contributed by atoms with van der Waals surface area (Å²) in [5, 5.41) is 7.90. The number of hydrogen-bond donors (Lipinski definition) is 2. The molecule has 0 spiro atoms. The van der Waals surface area contributed by atoms with E-state index in [0.717, 1.165) is 11.4 Å². The summed E-state index contributed by atoms with van der Waals surface area (Å²) in [6.07, 6.45) is -0.439. The van der Waals surface area contributed by atoms with Crippen LogP contribution in [-0.2, 0) is 11.3 Å². The molecule has 0 saturated heterocycles. The summed E-state index contributed by atoms with van der Waals surface area (Å²) >= 11 is 1.58. The molecule has 2 aromatic rings. The molecule has 6 heteroatoms. The van der Waals surface area contributed by atoms with Crippen molar-refractivity contribution >= 4 is 28.8 Å². The van der Waals surface area contributed by atoms with Crippen LogP contribution >= 0.6 is 11.3 Å². The Morgan fingerprint density at radius 2 is 2.05 bits per heavy atom. The molecular formula is C13H15N3O2S. The molecule has 1 amide bonds. The molecule has 5 nitrogen and oxygen atoms in total. The van der Waals surface area contributed by atoms with Crippen molar-refractivity contribution in [2.45, 2.75) is 13.5 Å². The molecule has 0 unspecified atom stereocenters. The van der Waals surface area contributed by atoms with Gasteiger partial charge in [-0.25, -0.2) is 9.78 Å². The van der Waals surface area contributed by atoms with Crippen molar-refractivity contribution in [1.29, 1.82) is 0 Å². The molecule has 0 aliphatic carbocycles. The van der Waals surface area contributed by atoms with Gasteiger partial charge in [-0.05, 0) is 31.2 Å². The first-order valence-electron chi connectivity index (χ1n) is 5.92. The zero-order valence-corrected chi connectivity index (χ0v) is 11.4. The number of amides is 1. The zero-order chi connectivity index (χ0) is 13.5. The summed E-state index contributed by atoms with van der Waals surface area (Å²) < 4.78 is 4.80. The largest absolute Gasteiger partial charge is 0.450 e. The molecular weight excluding hydrogens is 262 g/mol. The van der Waals surface area contributed by atoms with Crippen molar-refractivity contribution in [3.8, 4) is 0 Å². The van der Waals surface area contributed by atoms with Gasteiger partial charge in [0.1, 0.15) is 0 Å². The van der Waals surface area contributed by atoms with Crippen LogP contribution in [-0.4, -0.2) is 17.7 Å². The molecule has 0 saturated carbocycles. The number of benzene rings is 1. The second kappa shape index (κ2) is 6.75. The van der Waals surface area contributed by atoms with Crippen LogP contribution in [0.15, 0.2) is 35.2 Å². The van der Waals surface area contributed by atoms with Crippen LogP contribution in [0.25, 0.3) is 0 Å². The van der Waals surface area contributed by atoms with Crippen molar-refractivity contribution in [2.24, 2.45) is 0 Å². The number of thiazole rings is 1. The minimum Gasteiger partial charge on any atom is -0.450 e. The summed E-state index contributed by atoms with van der Waals surface area (Å²) in [5.41, 5.74) is 4.50. The Morgan fingerprint density at radius 1 is 1.32 bits per heavy atom. The Labute approximate surface area is 115 Å². The van der Waals surface area contributed by atoms with E-state index in [0.29, 0.717) is 18.8 Å². The Bertz CT molecular complexity index is 511. The molecule has 0 radical (unpaired) electrons. The predicted octanol–water partition coefficient (Wildman–Crippen LogP) is 3.32. The highest BCUT2D eigenvalue weighted by molar-refractivity contribution is 7.07. The van der Waals surface area contributed by atoms with Gasteiger partial charge in [-0.1, -0.05) is 0 Å². The topological polar surface area (TPSA) is 63.2 Å². The molecule has 1 aromatic heterocycles. The highest BCUT2D eigenvalue weighted by Gasteiger charge is 2.01. The average molecular weight is 277 g/mol. The number of hydrogen-bond acceptors (Lipinski definition) is 5. The molecule has 0 atom stereocenters. The SMILES string of the molecule is CCOC(=O)Nc1ccc(NCc2cscn2)cc1. The lowest BCUT2D eigenvalue weighted by atomic mass is 10.3. The van der Waals surface area contributed by atoms with Crippen LogP contribution in [0.4, 0.5) is 16.2 Å². The number of anilines is 2. The molecule has 1 aromatic carbocycles. The molecule has 19 heavy (non-hydrogen) atoms. The molecule has 2 N–H and O–H groups in total. The van der Waals surface area contributed by atoms with E-state index in [2.05, 4.69) is 15.6 Å². The van der Waals surface area contributed by atoms with Gasteiger partial charge in [0.25, 0.3) is 0 Å². The summed E-state index contributed by atoms with van der Waals surface area (Å²) in [5.74, 6) is 0. The number of ether oxygens (including phenoxy) is 1. The number of rotatable bonds is 5. The summed E-state index contributed by atoms with van der Waals surface area (Å²) in [6, 6.07) is 7.43. The third-order valence-electron chi connectivity index (χ3n) is 2.36. The smallest absolute Gasteiger partial charge is 0.411 e. The van der Waals surface area contributed by atoms with Crippen LogP contribution in [0.5, 0.6) is 0 Å². The molecule has 0 bridgehead atoms. The highest BCUT2D eigenvalue weighted by atomic mass is 32.1. The molecule has 0 fully saturated rings. The number of aromatic nitrogens is 1. The third kappa shape index (κ3) is 4.26. The Balaban J connectivity index is 1.85. The van der Waals surface area contributed by atoms with Gasteiger partial charge in [-0.2, -0.15) is 0 Å². The first-order chi connectivity index (χ1) is 9.28. The van der Waals surface area contributed by atoms with Gasteiger partial charge in [0, 0.05) is 16.8 Å². The number of nitrogens with one attached hydrogen (secondary N) is 2. The van der Waals surface area contributed by atoms with E-state index < -0.39 is 6.09 Å². The van der Waals surface area contributed by atoms with Gasteiger partial charge in [-0.15, -0.1) is 11.3 Å². The Morgan fingerprint density at radius 3 is 2.68 bits per heavy atom. The summed E-state index contributed by atoms with van der Waals surface area (Å²) in [6.45, 7) is 2.82. The van der Waals surface area contributed by atoms with E-state index in [1.807, 2.05) is 35.2 Å². The number of nitrogens with zero attached hydrogens (tertiary/aromatic N) is 1.